The molecule has 1 atom stereocenters. The summed E-state index contributed by atoms with van der Waals surface area (Å²) >= 11 is 0. The smallest absolute Gasteiger partial charge is 0.115 e. The molecule has 0 bridgehead atoms. The largest absolute Gasteiger partial charge is 0.377 e. The van der Waals surface area contributed by atoms with E-state index in [1.807, 2.05) is 42.5 Å². The topological polar surface area (TPSA) is 71.8 Å². The van der Waals surface area contributed by atoms with Crippen molar-refractivity contribution in [1.29, 1.82) is 0 Å². The van der Waals surface area contributed by atoms with E-state index in [0.29, 0.717) is 17.5 Å². The molecular formula is C15H13N4OP. The normalized spacial score (nSPS) is 11.1. The lowest BCUT2D eigenvalue weighted by molar-refractivity contribution is 0.644. The molecule has 5 nitrogen and oxygen atoms in total. The fourth-order valence-electron chi connectivity index (χ4n) is 2.01. The summed E-state index contributed by atoms with van der Waals surface area (Å²) < 4.78 is 0. The van der Waals surface area contributed by atoms with Crippen molar-refractivity contribution in [2.75, 3.05) is 0 Å². The van der Waals surface area contributed by atoms with E-state index in [1.54, 1.807) is 12.4 Å². The number of hydrogen-bond acceptors (Lipinski definition) is 5. The van der Waals surface area contributed by atoms with Crippen LogP contribution < -0.4 is 0 Å². The van der Waals surface area contributed by atoms with Crippen LogP contribution in [0.1, 0.15) is 5.56 Å². The molecule has 0 saturated carbocycles. The summed E-state index contributed by atoms with van der Waals surface area (Å²) in [6, 6.07) is 13.2. The molecule has 0 aliphatic rings. The molecule has 3 rings (SSSR count). The SMILES string of the molecule is OPCc1cc(-c2ccccn2)nnc1-c1ccccn1. The van der Waals surface area contributed by atoms with Crippen LogP contribution in [0.15, 0.2) is 54.9 Å². The molecule has 1 unspecified atom stereocenters. The highest BCUT2D eigenvalue weighted by Gasteiger charge is 2.11. The molecule has 3 aromatic rings. The maximum atomic E-state index is 9.30. The lowest BCUT2D eigenvalue weighted by atomic mass is 10.1. The number of pyridine rings is 2. The third-order valence-electron chi connectivity index (χ3n) is 2.98. The number of nitrogens with zero attached hydrogens (tertiary/aromatic N) is 4. The predicted octanol–water partition coefficient (Wildman–Crippen LogP) is 2.69. The molecular weight excluding hydrogens is 283 g/mol. The zero-order valence-corrected chi connectivity index (χ0v) is 12.1. The van der Waals surface area contributed by atoms with Crippen LogP contribution in [0.25, 0.3) is 22.8 Å². The van der Waals surface area contributed by atoms with Gasteiger partial charge in [-0.05, 0) is 35.9 Å². The third-order valence-corrected chi connectivity index (χ3v) is 3.52. The van der Waals surface area contributed by atoms with Gasteiger partial charge in [-0.2, -0.15) is 0 Å². The molecule has 0 fully saturated rings. The Morgan fingerprint density at radius 3 is 2.19 bits per heavy atom. The lowest BCUT2D eigenvalue weighted by Gasteiger charge is -2.08. The highest BCUT2D eigenvalue weighted by Crippen LogP contribution is 2.26. The van der Waals surface area contributed by atoms with Gasteiger partial charge >= 0.3 is 0 Å². The van der Waals surface area contributed by atoms with E-state index in [0.717, 1.165) is 17.0 Å². The van der Waals surface area contributed by atoms with Gasteiger partial charge in [-0.1, -0.05) is 12.1 Å². The molecule has 0 spiro atoms. The Balaban J connectivity index is 2.07. The van der Waals surface area contributed by atoms with Crippen LogP contribution in [-0.2, 0) is 6.16 Å². The van der Waals surface area contributed by atoms with Crippen LogP contribution in [0, 0.1) is 0 Å². The summed E-state index contributed by atoms with van der Waals surface area (Å²) in [6.07, 6.45) is 3.97. The average molecular weight is 296 g/mol. The molecule has 0 aromatic carbocycles. The van der Waals surface area contributed by atoms with Crippen molar-refractivity contribution < 1.29 is 4.89 Å². The van der Waals surface area contributed by atoms with E-state index in [1.165, 1.54) is 0 Å². The summed E-state index contributed by atoms with van der Waals surface area (Å²) in [6.45, 7) is 0. The van der Waals surface area contributed by atoms with Crippen LogP contribution in [0.3, 0.4) is 0 Å². The molecule has 21 heavy (non-hydrogen) atoms. The fourth-order valence-corrected chi connectivity index (χ4v) is 2.45. The summed E-state index contributed by atoms with van der Waals surface area (Å²) in [5, 5.41) is 8.52. The van der Waals surface area contributed by atoms with Gasteiger partial charge in [-0.3, -0.25) is 9.97 Å². The zero-order chi connectivity index (χ0) is 14.5. The Morgan fingerprint density at radius 1 is 0.857 bits per heavy atom. The van der Waals surface area contributed by atoms with Gasteiger partial charge in [0.25, 0.3) is 0 Å². The minimum Gasteiger partial charge on any atom is -0.377 e. The highest BCUT2D eigenvalue weighted by atomic mass is 31.1. The second-order valence-electron chi connectivity index (χ2n) is 4.37. The van der Waals surface area contributed by atoms with Crippen molar-refractivity contribution in [3.8, 4) is 22.8 Å². The van der Waals surface area contributed by atoms with Gasteiger partial charge in [-0.15, -0.1) is 10.2 Å². The van der Waals surface area contributed by atoms with Gasteiger partial charge in [0.15, 0.2) is 0 Å². The maximum Gasteiger partial charge on any atom is 0.115 e. The van der Waals surface area contributed by atoms with E-state index in [4.69, 9.17) is 0 Å². The Kier molecular flexibility index (Phi) is 4.24. The van der Waals surface area contributed by atoms with Crippen molar-refractivity contribution in [1.82, 2.24) is 20.2 Å². The van der Waals surface area contributed by atoms with E-state index in [2.05, 4.69) is 20.2 Å². The first-order valence-corrected chi connectivity index (χ1v) is 7.60. The quantitative estimate of drug-likeness (QED) is 0.749. The first-order chi connectivity index (χ1) is 10.4. The van der Waals surface area contributed by atoms with Gasteiger partial charge in [0.05, 0.1) is 11.4 Å². The average Bonchev–Trinajstić information content (AvgIpc) is 2.57. The van der Waals surface area contributed by atoms with E-state index >= 15 is 0 Å². The number of hydrogen-bond donors (Lipinski definition) is 1. The van der Waals surface area contributed by atoms with Crippen LogP contribution in [0.2, 0.25) is 0 Å². The molecule has 104 valence electrons. The van der Waals surface area contributed by atoms with E-state index < -0.39 is 0 Å². The molecule has 1 N–H and O–H groups in total. The van der Waals surface area contributed by atoms with Gasteiger partial charge in [-0.25, -0.2) is 0 Å². The van der Waals surface area contributed by atoms with Gasteiger partial charge in [0.1, 0.15) is 11.4 Å². The second-order valence-corrected chi connectivity index (χ2v) is 5.04. The Hall–Kier alpha value is -2.23. The van der Waals surface area contributed by atoms with Gasteiger partial charge < -0.3 is 4.89 Å². The summed E-state index contributed by atoms with van der Waals surface area (Å²) in [5.74, 6) is 0. The van der Waals surface area contributed by atoms with Crippen molar-refractivity contribution in [2.24, 2.45) is 0 Å². The van der Waals surface area contributed by atoms with Gasteiger partial charge in [0.2, 0.25) is 0 Å². The second kappa shape index (κ2) is 6.48. The van der Waals surface area contributed by atoms with Gasteiger partial charge in [0, 0.05) is 27.4 Å². The van der Waals surface area contributed by atoms with E-state index in [9.17, 15) is 4.89 Å². The zero-order valence-electron chi connectivity index (χ0n) is 11.1. The van der Waals surface area contributed by atoms with Crippen LogP contribution in [-0.4, -0.2) is 25.1 Å². The van der Waals surface area contributed by atoms with E-state index in [-0.39, 0.29) is 8.81 Å². The van der Waals surface area contributed by atoms with Crippen LogP contribution >= 0.6 is 8.81 Å². The third kappa shape index (κ3) is 3.10. The highest BCUT2D eigenvalue weighted by molar-refractivity contribution is 7.30. The van der Waals surface area contributed by atoms with Crippen molar-refractivity contribution in [3.63, 3.8) is 0 Å². The molecule has 0 aliphatic heterocycles. The maximum absolute atomic E-state index is 9.30. The minimum absolute atomic E-state index is 0.185. The van der Waals surface area contributed by atoms with Crippen molar-refractivity contribution in [3.05, 3.63) is 60.4 Å². The number of aromatic nitrogens is 4. The first kappa shape index (κ1) is 13.7. The summed E-state index contributed by atoms with van der Waals surface area (Å²) in [7, 11) is -0.185. The first-order valence-electron chi connectivity index (χ1n) is 6.45. The summed E-state index contributed by atoms with van der Waals surface area (Å²) in [4.78, 5) is 17.9. The molecule has 3 heterocycles. The number of rotatable bonds is 4. The molecule has 6 heteroatoms. The van der Waals surface area contributed by atoms with Crippen molar-refractivity contribution >= 4 is 8.81 Å². The molecule has 0 saturated heterocycles. The molecule has 0 radical (unpaired) electrons. The Bertz CT molecular complexity index is 722. The van der Waals surface area contributed by atoms with Crippen LogP contribution in [0.5, 0.6) is 0 Å². The van der Waals surface area contributed by atoms with Crippen molar-refractivity contribution in [2.45, 2.75) is 6.16 Å². The standard InChI is InChI=1S/C15H13N4OP/c20-21-10-11-9-14(12-5-1-3-7-16-12)18-19-15(11)13-6-2-4-8-17-13/h1-9,20-21H,10H2. The summed E-state index contributed by atoms with van der Waals surface area (Å²) in [5.41, 5.74) is 3.84. The minimum atomic E-state index is -0.185. The fraction of sp³-hybridized carbons (Fsp3) is 0.0667. The predicted molar refractivity (Wildman–Crippen MR) is 82.7 cm³/mol. The molecule has 3 aromatic heterocycles. The Labute approximate surface area is 124 Å². The molecule has 0 amide bonds. The molecule has 0 aliphatic carbocycles. The monoisotopic (exact) mass is 296 g/mol. The lowest BCUT2D eigenvalue weighted by Crippen LogP contribution is -1.99. The van der Waals surface area contributed by atoms with Crippen LogP contribution in [0.4, 0.5) is 0 Å². The Morgan fingerprint density at radius 2 is 1.57 bits per heavy atom.